The highest BCUT2D eigenvalue weighted by Crippen LogP contribution is 2.22. The summed E-state index contributed by atoms with van der Waals surface area (Å²) in [5.74, 6) is 1.81. The second-order valence-corrected chi connectivity index (χ2v) is 7.35. The molecule has 0 fully saturated rings. The van der Waals surface area contributed by atoms with Crippen molar-refractivity contribution in [2.45, 2.75) is 20.5 Å². The van der Waals surface area contributed by atoms with Gasteiger partial charge in [-0.15, -0.1) is 0 Å². The van der Waals surface area contributed by atoms with Gasteiger partial charge >= 0.3 is 0 Å². The number of aryl methyl sites for hydroxylation is 2. The van der Waals surface area contributed by atoms with Crippen LogP contribution in [0.5, 0.6) is 11.5 Å². The van der Waals surface area contributed by atoms with E-state index in [2.05, 4.69) is 15.5 Å². The Hall–Kier alpha value is -4.13. The predicted octanol–water partition coefficient (Wildman–Crippen LogP) is 4.95. The maximum Gasteiger partial charge on any atom is 0.264 e. The summed E-state index contributed by atoms with van der Waals surface area (Å²) < 4.78 is 16.6. The summed E-state index contributed by atoms with van der Waals surface area (Å²) in [6.07, 6.45) is 0. The van der Waals surface area contributed by atoms with E-state index in [9.17, 15) is 4.79 Å². The van der Waals surface area contributed by atoms with Crippen LogP contribution >= 0.6 is 0 Å². The lowest BCUT2D eigenvalue weighted by Gasteiger charge is -2.08. The second-order valence-electron chi connectivity index (χ2n) is 7.35. The highest BCUT2D eigenvalue weighted by molar-refractivity contribution is 5.91. The Balaban J connectivity index is 1.33. The predicted molar refractivity (Wildman–Crippen MR) is 121 cm³/mol. The van der Waals surface area contributed by atoms with Crippen LogP contribution in [0.25, 0.3) is 11.4 Å². The zero-order valence-corrected chi connectivity index (χ0v) is 17.9. The first-order valence-corrected chi connectivity index (χ1v) is 10.2. The molecule has 0 bridgehead atoms. The van der Waals surface area contributed by atoms with Gasteiger partial charge in [0.15, 0.2) is 13.2 Å². The van der Waals surface area contributed by atoms with Crippen LogP contribution in [0.1, 0.15) is 17.0 Å². The molecule has 162 valence electrons. The average Bonchev–Trinajstić information content (AvgIpc) is 3.27. The fourth-order valence-corrected chi connectivity index (χ4v) is 2.99. The van der Waals surface area contributed by atoms with Gasteiger partial charge < -0.3 is 19.3 Å². The van der Waals surface area contributed by atoms with Crippen LogP contribution in [0.4, 0.5) is 5.69 Å². The summed E-state index contributed by atoms with van der Waals surface area (Å²) in [7, 11) is 0. The van der Waals surface area contributed by atoms with Crippen molar-refractivity contribution in [3.63, 3.8) is 0 Å². The molecule has 0 saturated heterocycles. The normalized spacial score (nSPS) is 10.6. The first kappa shape index (κ1) is 21.1. The maximum absolute atomic E-state index is 12.1. The lowest BCUT2D eigenvalue weighted by atomic mass is 10.2. The first-order valence-electron chi connectivity index (χ1n) is 10.2. The minimum atomic E-state index is -0.241. The van der Waals surface area contributed by atoms with Crippen molar-refractivity contribution in [3.05, 3.63) is 89.8 Å². The van der Waals surface area contributed by atoms with Crippen molar-refractivity contribution in [1.82, 2.24) is 10.1 Å². The standard InChI is InChI=1S/C25H23N3O4/c1-17-9-11-20(12-10-17)26-23(29)15-30-22-8-4-6-19(14-22)25-27-24(32-28-25)16-31-21-7-3-5-18(2)13-21/h3-14H,15-16H2,1-2H3,(H,26,29). The molecule has 1 N–H and O–H groups in total. The number of hydrogen-bond acceptors (Lipinski definition) is 6. The highest BCUT2D eigenvalue weighted by Gasteiger charge is 2.11. The summed E-state index contributed by atoms with van der Waals surface area (Å²) in [6.45, 7) is 4.05. The Labute approximate surface area is 186 Å². The van der Waals surface area contributed by atoms with E-state index in [4.69, 9.17) is 14.0 Å². The topological polar surface area (TPSA) is 86.5 Å². The van der Waals surface area contributed by atoms with E-state index in [1.165, 1.54) is 0 Å². The number of rotatable bonds is 8. The molecule has 0 atom stereocenters. The number of ether oxygens (including phenoxy) is 2. The molecule has 0 aliphatic heterocycles. The summed E-state index contributed by atoms with van der Waals surface area (Å²) in [4.78, 5) is 16.5. The van der Waals surface area contributed by atoms with Crippen LogP contribution in [0.3, 0.4) is 0 Å². The molecule has 7 heteroatoms. The van der Waals surface area contributed by atoms with Gasteiger partial charge in [0.05, 0.1) is 0 Å². The summed E-state index contributed by atoms with van der Waals surface area (Å²) >= 11 is 0. The minimum absolute atomic E-state index is 0.112. The number of nitrogens with one attached hydrogen (secondary N) is 1. The Kier molecular flexibility index (Phi) is 6.46. The number of nitrogens with zero attached hydrogens (tertiary/aromatic N) is 2. The van der Waals surface area contributed by atoms with Crippen LogP contribution in [0.2, 0.25) is 0 Å². The van der Waals surface area contributed by atoms with Gasteiger partial charge in [-0.05, 0) is 55.8 Å². The Bertz CT molecular complexity index is 1200. The number of benzene rings is 3. The molecule has 0 saturated carbocycles. The molecule has 0 aliphatic rings. The van der Waals surface area contributed by atoms with Gasteiger partial charge in [0.1, 0.15) is 11.5 Å². The Morgan fingerprint density at radius 1 is 0.906 bits per heavy atom. The molecule has 1 heterocycles. The molecule has 3 aromatic carbocycles. The fraction of sp³-hybridized carbons (Fsp3) is 0.160. The zero-order valence-electron chi connectivity index (χ0n) is 17.9. The van der Waals surface area contributed by atoms with Gasteiger partial charge in [-0.2, -0.15) is 4.98 Å². The molecule has 0 aliphatic carbocycles. The summed E-state index contributed by atoms with van der Waals surface area (Å²) in [5.41, 5.74) is 3.68. The maximum atomic E-state index is 12.1. The number of hydrogen-bond donors (Lipinski definition) is 1. The SMILES string of the molecule is Cc1ccc(NC(=O)COc2cccc(-c3noc(COc4cccc(C)c4)n3)c2)cc1. The molecular weight excluding hydrogens is 406 g/mol. The van der Waals surface area contributed by atoms with Gasteiger partial charge in [0.25, 0.3) is 11.8 Å². The number of anilines is 1. The summed E-state index contributed by atoms with van der Waals surface area (Å²) in [6, 6.07) is 22.5. The third-order valence-corrected chi connectivity index (χ3v) is 4.62. The molecule has 0 spiro atoms. The van der Waals surface area contributed by atoms with E-state index in [1.807, 2.05) is 74.5 Å². The van der Waals surface area contributed by atoms with Crippen molar-refractivity contribution in [3.8, 4) is 22.9 Å². The Morgan fingerprint density at radius 2 is 1.66 bits per heavy atom. The van der Waals surface area contributed by atoms with Crippen molar-refractivity contribution in [2.24, 2.45) is 0 Å². The quantitative estimate of drug-likeness (QED) is 0.426. The molecule has 32 heavy (non-hydrogen) atoms. The third kappa shape index (κ3) is 5.72. The van der Waals surface area contributed by atoms with E-state index in [1.54, 1.807) is 12.1 Å². The van der Waals surface area contributed by atoms with Gasteiger partial charge in [-0.1, -0.05) is 47.1 Å². The monoisotopic (exact) mass is 429 g/mol. The van der Waals surface area contributed by atoms with Crippen molar-refractivity contribution < 1.29 is 18.8 Å². The molecule has 4 aromatic rings. The largest absolute Gasteiger partial charge is 0.484 e. The number of amides is 1. The fourth-order valence-electron chi connectivity index (χ4n) is 2.99. The molecule has 0 radical (unpaired) electrons. The van der Waals surface area contributed by atoms with Gasteiger partial charge in [-0.25, -0.2) is 0 Å². The van der Waals surface area contributed by atoms with Gasteiger partial charge in [0.2, 0.25) is 5.82 Å². The number of carbonyl (C=O) groups is 1. The smallest absolute Gasteiger partial charge is 0.264 e. The number of aromatic nitrogens is 2. The average molecular weight is 429 g/mol. The van der Waals surface area contributed by atoms with E-state index in [0.29, 0.717) is 23.0 Å². The third-order valence-electron chi connectivity index (χ3n) is 4.62. The molecular formula is C25H23N3O4. The van der Waals surface area contributed by atoms with Crippen LogP contribution in [0, 0.1) is 13.8 Å². The van der Waals surface area contributed by atoms with E-state index < -0.39 is 0 Å². The minimum Gasteiger partial charge on any atom is -0.484 e. The van der Waals surface area contributed by atoms with Crippen LogP contribution in [-0.2, 0) is 11.4 Å². The molecule has 4 rings (SSSR count). The molecule has 1 amide bonds. The van der Waals surface area contributed by atoms with Gasteiger partial charge in [0, 0.05) is 11.3 Å². The van der Waals surface area contributed by atoms with Crippen molar-refractivity contribution in [2.75, 3.05) is 11.9 Å². The highest BCUT2D eigenvalue weighted by atomic mass is 16.5. The molecule has 7 nitrogen and oxygen atoms in total. The van der Waals surface area contributed by atoms with Crippen LogP contribution in [0.15, 0.2) is 77.3 Å². The van der Waals surface area contributed by atoms with E-state index >= 15 is 0 Å². The summed E-state index contributed by atoms with van der Waals surface area (Å²) in [5, 5.41) is 6.82. The first-order chi connectivity index (χ1) is 15.5. The molecule has 0 unspecified atom stereocenters. The van der Waals surface area contributed by atoms with Gasteiger partial charge in [-0.3, -0.25) is 4.79 Å². The number of carbonyl (C=O) groups excluding carboxylic acids is 1. The van der Waals surface area contributed by atoms with E-state index in [0.717, 1.165) is 22.6 Å². The molecule has 1 aromatic heterocycles. The van der Waals surface area contributed by atoms with Crippen LogP contribution in [-0.4, -0.2) is 22.7 Å². The lowest BCUT2D eigenvalue weighted by Crippen LogP contribution is -2.20. The van der Waals surface area contributed by atoms with E-state index in [-0.39, 0.29) is 19.1 Å². The van der Waals surface area contributed by atoms with Crippen molar-refractivity contribution >= 4 is 11.6 Å². The zero-order chi connectivity index (χ0) is 22.3. The van der Waals surface area contributed by atoms with Crippen molar-refractivity contribution in [1.29, 1.82) is 0 Å². The van der Waals surface area contributed by atoms with Crippen LogP contribution < -0.4 is 14.8 Å². The Morgan fingerprint density at radius 3 is 2.44 bits per heavy atom. The second kappa shape index (κ2) is 9.78. The lowest BCUT2D eigenvalue weighted by molar-refractivity contribution is -0.118.